The van der Waals surface area contributed by atoms with Gasteiger partial charge in [-0.05, 0) is 37.6 Å². The van der Waals surface area contributed by atoms with Crippen LogP contribution in [0.5, 0.6) is 0 Å². The molecule has 1 atom stereocenters. The van der Waals surface area contributed by atoms with Gasteiger partial charge in [0, 0.05) is 30.2 Å². The summed E-state index contributed by atoms with van der Waals surface area (Å²) in [5.74, 6) is -1.05. The first-order chi connectivity index (χ1) is 15.4. The van der Waals surface area contributed by atoms with Gasteiger partial charge in [0.15, 0.2) is 0 Å². The van der Waals surface area contributed by atoms with Gasteiger partial charge < -0.3 is 10.2 Å². The molecule has 10 nitrogen and oxygen atoms in total. The van der Waals surface area contributed by atoms with Crippen LogP contribution in [0.3, 0.4) is 0 Å². The van der Waals surface area contributed by atoms with E-state index in [4.69, 9.17) is 11.6 Å². The van der Waals surface area contributed by atoms with Gasteiger partial charge in [-0.3, -0.25) is 24.0 Å². The molecule has 0 spiro atoms. The Morgan fingerprint density at radius 1 is 1.18 bits per heavy atom. The Morgan fingerprint density at radius 2 is 1.82 bits per heavy atom. The second-order valence-corrected chi connectivity index (χ2v) is 9.61. The van der Waals surface area contributed by atoms with Gasteiger partial charge in [0.05, 0.1) is 16.9 Å². The van der Waals surface area contributed by atoms with Gasteiger partial charge in [-0.15, -0.1) is 0 Å². The highest BCUT2D eigenvalue weighted by Crippen LogP contribution is 2.24. The molecule has 1 N–H and O–H groups in total. The van der Waals surface area contributed by atoms with E-state index in [0.717, 1.165) is 16.6 Å². The number of anilines is 1. The molecule has 2 amide bonds. The summed E-state index contributed by atoms with van der Waals surface area (Å²) in [5, 5.41) is 14.3. The molecule has 2 aromatic carbocycles. The maximum Gasteiger partial charge on any atom is 0.271 e. The van der Waals surface area contributed by atoms with E-state index in [-0.39, 0.29) is 17.9 Å². The monoisotopic (exact) mass is 496 g/mol. The Hall–Kier alpha value is -3.18. The summed E-state index contributed by atoms with van der Waals surface area (Å²) in [6, 6.07) is 10.8. The summed E-state index contributed by atoms with van der Waals surface area (Å²) >= 11 is 5.92. The Morgan fingerprint density at radius 3 is 2.36 bits per heavy atom. The fraction of sp³-hybridized carbons (Fsp3) is 0.333. The Balaban J connectivity index is 2.41. The zero-order valence-electron chi connectivity index (χ0n) is 18.4. The highest BCUT2D eigenvalue weighted by molar-refractivity contribution is 7.92. The highest BCUT2D eigenvalue weighted by Gasteiger charge is 2.30. The number of carbonyl (C=O) groups is 2. The predicted molar refractivity (Wildman–Crippen MR) is 125 cm³/mol. The molecule has 2 rings (SSSR count). The number of hydrogen-bond acceptors (Lipinski definition) is 6. The molecule has 0 aliphatic heterocycles. The van der Waals surface area contributed by atoms with Crippen molar-refractivity contribution in [1.29, 1.82) is 0 Å². The van der Waals surface area contributed by atoms with Crippen LogP contribution >= 0.6 is 11.6 Å². The van der Waals surface area contributed by atoms with Crippen LogP contribution in [0, 0.1) is 10.1 Å². The quantitative estimate of drug-likeness (QED) is 0.397. The first kappa shape index (κ1) is 26.1. The van der Waals surface area contributed by atoms with E-state index in [2.05, 4.69) is 5.32 Å². The smallest absolute Gasteiger partial charge is 0.271 e. The molecular formula is C21H25ClN4O6S. The van der Waals surface area contributed by atoms with Crippen molar-refractivity contribution in [3.63, 3.8) is 0 Å². The lowest BCUT2D eigenvalue weighted by Gasteiger charge is -2.31. The van der Waals surface area contributed by atoms with Gasteiger partial charge in [0.2, 0.25) is 21.8 Å². The van der Waals surface area contributed by atoms with Crippen molar-refractivity contribution in [2.45, 2.75) is 26.4 Å². The van der Waals surface area contributed by atoms with E-state index in [9.17, 15) is 28.1 Å². The number of nitrogens with one attached hydrogen (secondary N) is 1. The van der Waals surface area contributed by atoms with Crippen LogP contribution in [-0.2, 0) is 26.2 Å². The van der Waals surface area contributed by atoms with Crippen LogP contribution in [0.1, 0.15) is 19.4 Å². The molecule has 33 heavy (non-hydrogen) atoms. The number of nitro benzene ring substituents is 1. The lowest BCUT2D eigenvalue weighted by Crippen LogP contribution is -2.51. The zero-order chi connectivity index (χ0) is 24.8. The Bertz CT molecular complexity index is 1120. The molecule has 0 bridgehead atoms. The molecule has 0 heterocycles. The van der Waals surface area contributed by atoms with E-state index in [1.165, 1.54) is 30.0 Å². The van der Waals surface area contributed by atoms with E-state index >= 15 is 0 Å². The molecule has 0 saturated carbocycles. The number of rotatable bonds is 10. The lowest BCUT2D eigenvalue weighted by atomic mass is 10.1. The minimum Gasteiger partial charge on any atom is -0.355 e. The SMILES string of the molecule is CCNC(=O)[C@@H](C)N(Cc1ccc(Cl)cc1)C(=O)CN(c1cccc([N+](=O)[O-])c1)S(C)(=O)=O. The summed E-state index contributed by atoms with van der Waals surface area (Å²) < 4.78 is 25.7. The second kappa shape index (κ2) is 11.1. The highest BCUT2D eigenvalue weighted by atomic mass is 35.5. The normalized spacial score (nSPS) is 12.0. The van der Waals surface area contributed by atoms with Crippen LogP contribution < -0.4 is 9.62 Å². The number of non-ortho nitro benzene ring substituents is 1. The minimum absolute atomic E-state index is 0.0286. The molecule has 0 fully saturated rings. The number of carbonyl (C=O) groups excluding carboxylic acids is 2. The summed E-state index contributed by atoms with van der Waals surface area (Å²) in [7, 11) is -3.98. The Kier molecular flexibility index (Phi) is 8.77. The number of nitro groups is 1. The van der Waals surface area contributed by atoms with Crippen molar-refractivity contribution in [3.05, 3.63) is 69.2 Å². The third kappa shape index (κ3) is 7.16. The molecule has 0 aliphatic rings. The van der Waals surface area contributed by atoms with Crippen LogP contribution in [0.4, 0.5) is 11.4 Å². The van der Waals surface area contributed by atoms with E-state index in [1.54, 1.807) is 31.2 Å². The summed E-state index contributed by atoms with van der Waals surface area (Å²) in [6.07, 6.45) is 0.899. The van der Waals surface area contributed by atoms with Crippen molar-refractivity contribution in [2.75, 3.05) is 23.7 Å². The van der Waals surface area contributed by atoms with Crippen molar-refractivity contribution in [2.24, 2.45) is 0 Å². The number of nitrogens with zero attached hydrogens (tertiary/aromatic N) is 3. The van der Waals surface area contributed by atoms with E-state index in [0.29, 0.717) is 17.1 Å². The molecular weight excluding hydrogens is 472 g/mol. The van der Waals surface area contributed by atoms with Gasteiger partial charge in [0.1, 0.15) is 12.6 Å². The van der Waals surface area contributed by atoms with Crippen molar-refractivity contribution < 1.29 is 22.9 Å². The molecule has 0 radical (unpaired) electrons. The van der Waals surface area contributed by atoms with Crippen LogP contribution in [0.2, 0.25) is 5.02 Å². The molecule has 2 aromatic rings. The Labute approximate surface area is 197 Å². The molecule has 0 saturated heterocycles. The molecule has 0 unspecified atom stereocenters. The topological polar surface area (TPSA) is 130 Å². The van der Waals surface area contributed by atoms with E-state index in [1.807, 2.05) is 0 Å². The minimum atomic E-state index is -3.98. The van der Waals surface area contributed by atoms with Crippen LogP contribution in [0.15, 0.2) is 48.5 Å². The lowest BCUT2D eigenvalue weighted by molar-refractivity contribution is -0.384. The van der Waals surface area contributed by atoms with Gasteiger partial charge >= 0.3 is 0 Å². The number of benzene rings is 2. The van der Waals surface area contributed by atoms with Crippen molar-refractivity contribution in [1.82, 2.24) is 10.2 Å². The second-order valence-electron chi connectivity index (χ2n) is 7.27. The standard InChI is InChI=1S/C21H25ClN4O6S/c1-4-23-21(28)15(2)24(13-16-8-10-17(22)11-9-16)20(27)14-25(33(3,31)32)18-6-5-7-19(12-18)26(29)30/h5-12,15H,4,13-14H2,1-3H3,(H,23,28)/t15-/m1/s1. The zero-order valence-corrected chi connectivity index (χ0v) is 20.0. The van der Waals surface area contributed by atoms with Gasteiger partial charge in [0.25, 0.3) is 5.69 Å². The van der Waals surface area contributed by atoms with Gasteiger partial charge in [-0.25, -0.2) is 8.42 Å². The number of hydrogen-bond donors (Lipinski definition) is 1. The largest absolute Gasteiger partial charge is 0.355 e. The fourth-order valence-corrected chi connectivity index (χ4v) is 4.03. The average molecular weight is 497 g/mol. The molecule has 12 heteroatoms. The van der Waals surface area contributed by atoms with Gasteiger partial charge in [-0.2, -0.15) is 0 Å². The van der Waals surface area contributed by atoms with Crippen LogP contribution in [-0.4, -0.2) is 55.4 Å². The van der Waals surface area contributed by atoms with Crippen LogP contribution in [0.25, 0.3) is 0 Å². The maximum absolute atomic E-state index is 13.3. The molecule has 0 aromatic heterocycles. The molecule has 0 aliphatic carbocycles. The maximum atomic E-state index is 13.3. The third-order valence-corrected chi connectivity index (χ3v) is 6.18. The first-order valence-corrected chi connectivity index (χ1v) is 12.2. The van der Waals surface area contributed by atoms with E-state index < -0.39 is 39.3 Å². The molecule has 178 valence electrons. The summed E-state index contributed by atoms with van der Waals surface area (Å²) in [5.41, 5.74) is 0.338. The fourth-order valence-electron chi connectivity index (χ4n) is 3.07. The van der Waals surface area contributed by atoms with Gasteiger partial charge in [-0.1, -0.05) is 29.8 Å². The summed E-state index contributed by atoms with van der Waals surface area (Å²) in [4.78, 5) is 37.5. The average Bonchev–Trinajstić information content (AvgIpc) is 2.75. The van der Waals surface area contributed by atoms with Crippen molar-refractivity contribution >= 4 is 44.8 Å². The number of sulfonamides is 1. The summed E-state index contributed by atoms with van der Waals surface area (Å²) in [6.45, 7) is 3.02. The first-order valence-electron chi connectivity index (χ1n) is 9.97. The number of halogens is 1. The number of amides is 2. The predicted octanol–water partition coefficient (Wildman–Crippen LogP) is 2.57. The van der Waals surface area contributed by atoms with Crippen molar-refractivity contribution in [3.8, 4) is 0 Å². The number of likely N-dealkylation sites (N-methyl/N-ethyl adjacent to an activating group) is 1. The third-order valence-electron chi connectivity index (χ3n) is 4.79.